The number of rotatable bonds is 5. The van der Waals surface area contributed by atoms with Crippen molar-refractivity contribution < 1.29 is 18.4 Å². The molecule has 1 rings (SSSR count). The maximum absolute atomic E-state index is 12.0. The average Bonchev–Trinajstić information content (AvgIpc) is 2.51. The van der Waals surface area contributed by atoms with Crippen molar-refractivity contribution in [2.45, 2.75) is 31.6 Å². The second kappa shape index (κ2) is 5.51. The monoisotopic (exact) mass is 237 g/mol. The quantitative estimate of drug-likeness (QED) is 0.667. The summed E-state index contributed by atoms with van der Waals surface area (Å²) >= 11 is 1.43. The van der Waals surface area contributed by atoms with Crippen molar-refractivity contribution in [1.29, 1.82) is 0 Å². The average molecular weight is 237 g/mol. The number of carbonyl (C=O) groups excluding carboxylic acids is 2. The van der Waals surface area contributed by atoms with E-state index in [4.69, 9.17) is 4.11 Å². The first kappa shape index (κ1) is 8.58. The summed E-state index contributed by atoms with van der Waals surface area (Å²) in [5, 5.41) is -0.335. The number of hydrogen-bond donors (Lipinski definition) is 0. The summed E-state index contributed by atoms with van der Waals surface area (Å²) < 4.78 is 25.4. The SMILES string of the molecule is [3H]C([3H])([3H])OCC(C)N1C(=O)CC(SCC)C1=O. The van der Waals surface area contributed by atoms with E-state index < -0.39 is 13.1 Å². The number of imide groups is 1. The van der Waals surface area contributed by atoms with Crippen LogP contribution in [0, 0.1) is 0 Å². The predicted octanol–water partition coefficient (Wildman–Crippen LogP) is 0.902. The van der Waals surface area contributed by atoms with E-state index in [1.54, 1.807) is 6.92 Å². The van der Waals surface area contributed by atoms with Gasteiger partial charge in [0.1, 0.15) is 0 Å². The zero-order valence-electron chi connectivity index (χ0n) is 11.9. The number of carbonyl (C=O) groups is 2. The minimum atomic E-state index is -2.50. The van der Waals surface area contributed by atoms with Gasteiger partial charge in [0, 0.05) is 13.5 Å². The van der Waals surface area contributed by atoms with Crippen molar-refractivity contribution in [3.05, 3.63) is 0 Å². The van der Waals surface area contributed by atoms with Gasteiger partial charge in [-0.05, 0) is 12.7 Å². The highest BCUT2D eigenvalue weighted by atomic mass is 32.2. The van der Waals surface area contributed by atoms with Gasteiger partial charge in [-0.1, -0.05) is 6.92 Å². The fraction of sp³-hybridized carbons (Fsp3) is 0.800. The molecule has 1 aliphatic rings. The van der Waals surface area contributed by atoms with E-state index in [2.05, 4.69) is 4.74 Å². The van der Waals surface area contributed by atoms with Crippen LogP contribution in [-0.2, 0) is 14.3 Å². The van der Waals surface area contributed by atoms with Crippen molar-refractivity contribution in [2.75, 3.05) is 19.4 Å². The lowest BCUT2D eigenvalue weighted by molar-refractivity contribution is -0.141. The lowest BCUT2D eigenvalue weighted by atomic mass is 10.3. The molecular formula is C10H17NO3S. The third-order valence-electron chi connectivity index (χ3n) is 2.27. The number of nitrogens with zero attached hydrogens (tertiary/aromatic N) is 1. The van der Waals surface area contributed by atoms with Crippen LogP contribution in [0.2, 0.25) is 0 Å². The Labute approximate surface area is 98.6 Å². The minimum Gasteiger partial charge on any atom is -0.383 e. The van der Waals surface area contributed by atoms with E-state index in [1.807, 2.05) is 6.92 Å². The van der Waals surface area contributed by atoms with Gasteiger partial charge in [0.2, 0.25) is 11.8 Å². The topological polar surface area (TPSA) is 46.6 Å². The maximum Gasteiger partial charge on any atom is 0.243 e. The Hall–Kier alpha value is -0.550. The molecule has 0 radical (unpaired) electrons. The van der Waals surface area contributed by atoms with E-state index in [9.17, 15) is 9.59 Å². The third-order valence-corrected chi connectivity index (χ3v) is 3.38. The van der Waals surface area contributed by atoms with Crippen molar-refractivity contribution >= 4 is 23.6 Å². The van der Waals surface area contributed by atoms with Gasteiger partial charge in [0.25, 0.3) is 0 Å². The van der Waals surface area contributed by atoms with Crippen LogP contribution in [0.15, 0.2) is 0 Å². The molecule has 4 nitrogen and oxygen atoms in total. The van der Waals surface area contributed by atoms with E-state index in [1.165, 1.54) is 11.8 Å². The summed E-state index contributed by atoms with van der Waals surface area (Å²) in [6, 6.07) is -0.548. The second-order valence-corrected chi connectivity index (χ2v) is 4.89. The van der Waals surface area contributed by atoms with Gasteiger partial charge in [-0.2, -0.15) is 0 Å². The van der Waals surface area contributed by atoms with Crippen LogP contribution in [0.3, 0.4) is 0 Å². The first-order valence-corrected chi connectivity index (χ1v) is 5.92. The van der Waals surface area contributed by atoms with Gasteiger partial charge in [-0.25, -0.2) is 0 Å². The molecule has 0 aromatic carbocycles. The molecule has 5 heteroatoms. The molecule has 0 aliphatic carbocycles. The highest BCUT2D eigenvalue weighted by Crippen LogP contribution is 2.26. The van der Waals surface area contributed by atoms with Gasteiger partial charge in [0.05, 0.1) is 22.0 Å². The largest absolute Gasteiger partial charge is 0.383 e. The van der Waals surface area contributed by atoms with E-state index in [0.29, 0.717) is 0 Å². The van der Waals surface area contributed by atoms with Crippen LogP contribution >= 0.6 is 11.8 Å². The summed E-state index contributed by atoms with van der Waals surface area (Å²) in [5.41, 5.74) is 0. The first-order valence-electron chi connectivity index (χ1n) is 6.37. The van der Waals surface area contributed by atoms with Crippen LogP contribution in [-0.4, -0.2) is 47.4 Å². The van der Waals surface area contributed by atoms with E-state index in [0.717, 1.165) is 10.7 Å². The number of methoxy groups -OCH3 is 1. The Balaban J connectivity index is 2.60. The molecule has 0 aromatic heterocycles. The van der Waals surface area contributed by atoms with Gasteiger partial charge >= 0.3 is 0 Å². The molecule has 86 valence electrons. The van der Waals surface area contributed by atoms with Crippen LogP contribution in [0.5, 0.6) is 0 Å². The van der Waals surface area contributed by atoms with Crippen LogP contribution in [0.4, 0.5) is 0 Å². The molecule has 0 N–H and O–H groups in total. The highest BCUT2D eigenvalue weighted by molar-refractivity contribution is 8.00. The molecule has 15 heavy (non-hydrogen) atoms. The molecule has 0 bridgehead atoms. The van der Waals surface area contributed by atoms with Gasteiger partial charge in [0.15, 0.2) is 0 Å². The van der Waals surface area contributed by atoms with Gasteiger partial charge in [-0.3, -0.25) is 14.5 Å². The normalized spacial score (nSPS) is 27.5. The molecule has 0 spiro atoms. The van der Waals surface area contributed by atoms with Crippen LogP contribution in [0.1, 0.15) is 24.4 Å². The number of hydrogen-bond acceptors (Lipinski definition) is 4. The molecule has 1 saturated heterocycles. The number of ether oxygens (including phenoxy) is 1. The first-order chi connectivity index (χ1) is 8.26. The summed E-state index contributed by atoms with van der Waals surface area (Å²) in [6.07, 6.45) is 0.190. The zero-order valence-corrected chi connectivity index (χ0v) is 9.67. The smallest absolute Gasteiger partial charge is 0.243 e. The van der Waals surface area contributed by atoms with Crippen molar-refractivity contribution in [3.63, 3.8) is 0 Å². The fourth-order valence-corrected chi connectivity index (χ4v) is 2.53. The molecule has 1 aliphatic heterocycles. The molecular weight excluding hydrogens is 214 g/mol. The highest BCUT2D eigenvalue weighted by Gasteiger charge is 2.40. The molecule has 0 saturated carbocycles. The minimum absolute atomic E-state index is 0.169. The lowest BCUT2D eigenvalue weighted by Gasteiger charge is -2.22. The number of likely N-dealkylation sites (tertiary alicyclic amines) is 1. The van der Waals surface area contributed by atoms with Crippen LogP contribution < -0.4 is 0 Å². The summed E-state index contributed by atoms with van der Waals surface area (Å²) in [4.78, 5) is 24.8. The summed E-state index contributed by atoms with van der Waals surface area (Å²) in [7, 11) is -2.50. The van der Waals surface area contributed by atoms with Crippen molar-refractivity contribution in [3.8, 4) is 0 Å². The molecule has 2 atom stereocenters. The lowest BCUT2D eigenvalue weighted by Crippen LogP contribution is -2.41. The zero-order chi connectivity index (χ0) is 13.9. The van der Waals surface area contributed by atoms with Crippen LogP contribution in [0.25, 0.3) is 0 Å². The molecule has 0 aromatic rings. The molecule has 1 fully saturated rings. The fourth-order valence-electron chi connectivity index (χ4n) is 1.61. The van der Waals surface area contributed by atoms with Crippen molar-refractivity contribution in [2.24, 2.45) is 0 Å². The number of amides is 2. The Morgan fingerprint density at radius 3 is 3.07 bits per heavy atom. The molecule has 1 heterocycles. The van der Waals surface area contributed by atoms with Gasteiger partial charge < -0.3 is 4.74 Å². The number of thioether (sulfide) groups is 1. The van der Waals surface area contributed by atoms with E-state index in [-0.39, 0.29) is 30.1 Å². The van der Waals surface area contributed by atoms with E-state index >= 15 is 0 Å². The molecule has 2 unspecified atom stereocenters. The summed E-state index contributed by atoms with van der Waals surface area (Å²) in [5.74, 6) is 0.263. The second-order valence-electron chi connectivity index (χ2n) is 3.41. The predicted molar refractivity (Wildman–Crippen MR) is 59.7 cm³/mol. The van der Waals surface area contributed by atoms with Gasteiger partial charge in [-0.15, -0.1) is 11.8 Å². The maximum atomic E-state index is 12.0. The summed E-state index contributed by atoms with van der Waals surface area (Å²) in [6.45, 7) is 3.37. The van der Waals surface area contributed by atoms with Crippen molar-refractivity contribution in [1.82, 2.24) is 4.90 Å². The third kappa shape index (κ3) is 2.72. The Bertz CT molecular complexity index is 335. The standard InChI is InChI=1S/C10H17NO3S/c1-4-15-8-5-9(12)11(10(8)13)7(2)6-14-3/h7-8H,4-6H2,1-3H3/i3T3. The molecule has 2 amide bonds. The Kier molecular flexibility index (Phi) is 3.15. The Morgan fingerprint density at radius 2 is 2.47 bits per heavy atom. The Morgan fingerprint density at radius 1 is 1.73 bits per heavy atom.